The number of piperidine rings is 1. The van der Waals surface area contributed by atoms with E-state index in [4.69, 9.17) is 14.2 Å². The number of nitrogens with zero attached hydrogens (tertiary/aromatic N) is 2. The van der Waals surface area contributed by atoms with E-state index in [0.717, 1.165) is 44.5 Å². The van der Waals surface area contributed by atoms with Gasteiger partial charge in [-0.05, 0) is 69.7 Å². The first kappa shape index (κ1) is 21.4. The molecule has 2 heterocycles. The van der Waals surface area contributed by atoms with Crippen molar-refractivity contribution in [3.63, 3.8) is 0 Å². The third-order valence-corrected chi connectivity index (χ3v) is 6.76. The molecule has 0 aromatic heterocycles. The summed E-state index contributed by atoms with van der Waals surface area (Å²) in [5.41, 5.74) is 1.84. The molecule has 1 saturated heterocycles. The molecule has 1 aromatic carbocycles. The van der Waals surface area contributed by atoms with Gasteiger partial charge in [-0.3, -0.25) is 4.90 Å². The minimum atomic E-state index is -0.493. The summed E-state index contributed by atoms with van der Waals surface area (Å²) < 4.78 is 17.9. The lowest BCUT2D eigenvalue weighted by Gasteiger charge is -2.47. The quantitative estimate of drug-likeness (QED) is 0.793. The van der Waals surface area contributed by atoms with E-state index in [1.807, 2.05) is 20.8 Å². The minimum absolute atomic E-state index is 0.156. The Hall–Kier alpha value is -1.81. The van der Waals surface area contributed by atoms with E-state index in [9.17, 15) is 10.4 Å². The van der Waals surface area contributed by atoms with E-state index < -0.39 is 6.10 Å². The van der Waals surface area contributed by atoms with Crippen molar-refractivity contribution in [2.24, 2.45) is 5.41 Å². The SMILES string of the molecule is COc1cc2c(cc1OCC1(C#N)CCC1)CCN1C[C@@H](OC(C)(C)C)[C@H](O)C[C@H]21. The van der Waals surface area contributed by atoms with Crippen molar-refractivity contribution < 1.29 is 19.3 Å². The number of fused-ring (bicyclic) bond motifs is 3. The fourth-order valence-corrected chi connectivity index (χ4v) is 4.94. The molecular weight excluding hydrogens is 380 g/mol. The molecule has 1 aromatic rings. The molecule has 3 aliphatic rings. The number of nitriles is 1. The van der Waals surface area contributed by atoms with Crippen molar-refractivity contribution in [2.45, 2.75) is 76.7 Å². The fourth-order valence-electron chi connectivity index (χ4n) is 4.94. The van der Waals surface area contributed by atoms with Gasteiger partial charge in [-0.2, -0.15) is 5.26 Å². The van der Waals surface area contributed by atoms with Crippen molar-refractivity contribution in [1.82, 2.24) is 4.90 Å². The molecule has 1 saturated carbocycles. The lowest BCUT2D eigenvalue weighted by atomic mass is 9.71. The lowest BCUT2D eigenvalue weighted by Crippen LogP contribution is -2.53. The number of methoxy groups -OCH3 is 1. The average molecular weight is 415 g/mol. The lowest BCUT2D eigenvalue weighted by molar-refractivity contribution is -0.149. The molecule has 1 N–H and O–H groups in total. The maximum atomic E-state index is 10.8. The van der Waals surface area contributed by atoms with E-state index in [2.05, 4.69) is 23.1 Å². The molecule has 2 aliphatic heterocycles. The van der Waals surface area contributed by atoms with Gasteiger partial charge in [0.2, 0.25) is 0 Å². The van der Waals surface area contributed by atoms with E-state index >= 15 is 0 Å². The molecule has 4 rings (SSSR count). The zero-order valence-electron chi connectivity index (χ0n) is 18.6. The molecular formula is C24H34N2O4. The van der Waals surface area contributed by atoms with Crippen LogP contribution < -0.4 is 9.47 Å². The molecule has 0 spiro atoms. The van der Waals surface area contributed by atoms with Crippen molar-refractivity contribution in [3.8, 4) is 17.6 Å². The predicted molar refractivity (Wildman–Crippen MR) is 114 cm³/mol. The first-order valence-corrected chi connectivity index (χ1v) is 11.1. The Balaban J connectivity index is 1.53. The van der Waals surface area contributed by atoms with E-state index in [0.29, 0.717) is 18.8 Å². The van der Waals surface area contributed by atoms with Gasteiger partial charge in [-0.25, -0.2) is 0 Å². The van der Waals surface area contributed by atoms with Crippen LogP contribution in [0.2, 0.25) is 0 Å². The average Bonchev–Trinajstić information content (AvgIpc) is 2.66. The van der Waals surface area contributed by atoms with Crippen LogP contribution >= 0.6 is 0 Å². The number of aliphatic hydroxyl groups excluding tert-OH is 1. The highest BCUT2D eigenvalue weighted by Crippen LogP contribution is 2.44. The van der Waals surface area contributed by atoms with E-state index in [1.54, 1.807) is 7.11 Å². The third kappa shape index (κ3) is 4.16. The first-order valence-electron chi connectivity index (χ1n) is 11.1. The minimum Gasteiger partial charge on any atom is -0.493 e. The van der Waals surface area contributed by atoms with Gasteiger partial charge in [-0.15, -0.1) is 0 Å². The predicted octanol–water partition coefficient (Wildman–Crippen LogP) is 3.62. The van der Waals surface area contributed by atoms with Crippen molar-refractivity contribution in [1.29, 1.82) is 5.26 Å². The van der Waals surface area contributed by atoms with Gasteiger partial charge in [0.15, 0.2) is 11.5 Å². The van der Waals surface area contributed by atoms with Gasteiger partial charge in [0.05, 0.1) is 36.4 Å². The van der Waals surface area contributed by atoms with Crippen molar-refractivity contribution in [3.05, 3.63) is 23.3 Å². The number of benzene rings is 1. The second-order valence-corrected chi connectivity index (χ2v) is 10.1. The van der Waals surface area contributed by atoms with Gasteiger partial charge in [0.1, 0.15) is 6.61 Å². The Kier molecular flexibility index (Phi) is 5.73. The Bertz CT molecular complexity index is 822. The van der Waals surface area contributed by atoms with Crippen LogP contribution in [0, 0.1) is 16.7 Å². The van der Waals surface area contributed by atoms with Gasteiger partial charge in [0, 0.05) is 19.1 Å². The molecule has 164 valence electrons. The van der Waals surface area contributed by atoms with E-state index in [-0.39, 0.29) is 23.2 Å². The molecule has 0 unspecified atom stereocenters. The third-order valence-electron chi connectivity index (χ3n) is 6.76. The molecule has 6 nitrogen and oxygen atoms in total. The molecule has 0 bridgehead atoms. The Morgan fingerprint density at radius 3 is 2.63 bits per heavy atom. The second kappa shape index (κ2) is 8.03. The van der Waals surface area contributed by atoms with Crippen LogP contribution in [-0.4, -0.2) is 54.6 Å². The van der Waals surface area contributed by atoms with Crippen molar-refractivity contribution >= 4 is 0 Å². The number of ether oxygens (including phenoxy) is 3. The molecule has 1 aliphatic carbocycles. The van der Waals surface area contributed by atoms with Crippen LogP contribution in [0.15, 0.2) is 12.1 Å². The number of rotatable bonds is 5. The van der Waals surface area contributed by atoms with Gasteiger partial charge in [-0.1, -0.05) is 6.42 Å². The summed E-state index contributed by atoms with van der Waals surface area (Å²) in [4.78, 5) is 2.42. The topological polar surface area (TPSA) is 75.0 Å². The van der Waals surface area contributed by atoms with E-state index in [1.165, 1.54) is 11.1 Å². The summed E-state index contributed by atoms with van der Waals surface area (Å²) in [7, 11) is 1.65. The first-order chi connectivity index (χ1) is 14.2. The zero-order valence-corrected chi connectivity index (χ0v) is 18.6. The Labute approximate surface area is 179 Å². The summed E-state index contributed by atoms with van der Waals surface area (Å²) in [6.07, 6.45) is 3.82. The monoisotopic (exact) mass is 414 g/mol. The summed E-state index contributed by atoms with van der Waals surface area (Å²) in [5, 5.41) is 20.3. The smallest absolute Gasteiger partial charge is 0.161 e. The molecule has 0 amide bonds. The van der Waals surface area contributed by atoms with Crippen LogP contribution in [0.1, 0.15) is 63.6 Å². The summed E-state index contributed by atoms with van der Waals surface area (Å²) in [6.45, 7) is 8.17. The van der Waals surface area contributed by atoms with Crippen LogP contribution in [0.5, 0.6) is 11.5 Å². The summed E-state index contributed by atoms with van der Waals surface area (Å²) >= 11 is 0. The highest BCUT2D eigenvalue weighted by atomic mass is 16.5. The van der Waals surface area contributed by atoms with Crippen LogP contribution in [0.25, 0.3) is 0 Å². The standard InChI is InChI=1S/C24H34N2O4/c1-23(2,3)30-22-13-26-9-6-16-10-21(29-15-24(14-25)7-5-8-24)20(28-4)11-17(16)18(26)12-19(22)27/h10-11,18-19,22,27H,5-9,12-13,15H2,1-4H3/t18-,19-,22-/m1/s1. The zero-order chi connectivity index (χ0) is 21.5. The Morgan fingerprint density at radius 1 is 1.27 bits per heavy atom. The van der Waals surface area contributed by atoms with Gasteiger partial charge in [0.25, 0.3) is 0 Å². The molecule has 30 heavy (non-hydrogen) atoms. The molecule has 3 atom stereocenters. The molecule has 0 radical (unpaired) electrons. The normalized spacial score (nSPS) is 27.9. The Morgan fingerprint density at radius 2 is 2.03 bits per heavy atom. The van der Waals surface area contributed by atoms with Gasteiger partial charge < -0.3 is 19.3 Å². The maximum Gasteiger partial charge on any atom is 0.161 e. The molecule has 2 fully saturated rings. The molecule has 6 heteroatoms. The summed E-state index contributed by atoms with van der Waals surface area (Å²) in [6, 6.07) is 6.74. The largest absolute Gasteiger partial charge is 0.493 e. The highest BCUT2D eigenvalue weighted by molar-refractivity contribution is 5.50. The number of hydrogen-bond acceptors (Lipinski definition) is 6. The van der Waals surface area contributed by atoms with Gasteiger partial charge >= 0.3 is 0 Å². The maximum absolute atomic E-state index is 10.8. The highest BCUT2D eigenvalue weighted by Gasteiger charge is 2.41. The van der Waals surface area contributed by atoms with Crippen molar-refractivity contribution in [2.75, 3.05) is 26.8 Å². The fraction of sp³-hybridized carbons (Fsp3) is 0.708. The van der Waals surface area contributed by atoms with Crippen LogP contribution in [0.3, 0.4) is 0 Å². The number of hydrogen-bond donors (Lipinski definition) is 1. The second-order valence-electron chi connectivity index (χ2n) is 10.1. The summed E-state index contributed by atoms with van der Waals surface area (Å²) in [5.74, 6) is 1.42. The number of aliphatic hydroxyl groups is 1. The van der Waals surface area contributed by atoms with Crippen LogP contribution in [0.4, 0.5) is 0 Å². The van der Waals surface area contributed by atoms with Crippen LogP contribution in [-0.2, 0) is 11.2 Å².